The highest BCUT2D eigenvalue weighted by Gasteiger charge is 2.29. The molecule has 4 amide bonds. The minimum atomic E-state index is -1.37. The fourth-order valence-corrected chi connectivity index (χ4v) is 3.69. The van der Waals surface area contributed by atoms with E-state index < -0.39 is 60.2 Å². The quantitative estimate of drug-likeness (QED) is 0.191. The molecular formula is C24H34N6O6. The lowest BCUT2D eigenvalue weighted by Crippen LogP contribution is -2.57. The number of amides is 4. The lowest BCUT2D eigenvalue weighted by molar-refractivity contribution is -0.142. The first-order valence-electron chi connectivity index (χ1n) is 11.6. The van der Waals surface area contributed by atoms with Crippen molar-refractivity contribution in [3.63, 3.8) is 0 Å². The molecular weight excluding hydrogens is 468 g/mol. The summed E-state index contributed by atoms with van der Waals surface area (Å²) < 4.78 is 0. The standard InChI is InChI=1S/C24H34N6O6/c1-12(2)8-19(24(35)36)30-21(32)13(3)28-23(34)18(10-20(26)31)29-22(33)16(25)9-14-11-27-17-7-5-4-6-15(14)17/h4-7,11-13,16,18-19,27H,8-10,25H2,1-3H3,(H2,26,31)(H,28,34)(H,29,33)(H,30,32)(H,35,36). The van der Waals surface area contributed by atoms with E-state index in [0.717, 1.165) is 16.5 Å². The fourth-order valence-electron chi connectivity index (χ4n) is 3.69. The smallest absolute Gasteiger partial charge is 0.326 e. The fraction of sp³-hybridized carbons (Fsp3) is 0.458. The summed E-state index contributed by atoms with van der Waals surface area (Å²) in [6, 6.07) is 2.84. The lowest BCUT2D eigenvalue weighted by atomic mass is 10.0. The number of H-pyrrole nitrogens is 1. The summed E-state index contributed by atoms with van der Waals surface area (Å²) in [5.41, 5.74) is 13.0. The molecule has 2 aromatic rings. The number of hydrogen-bond donors (Lipinski definition) is 7. The second kappa shape index (κ2) is 12.7. The van der Waals surface area contributed by atoms with E-state index in [4.69, 9.17) is 11.5 Å². The zero-order valence-electron chi connectivity index (χ0n) is 20.5. The van der Waals surface area contributed by atoms with Gasteiger partial charge in [0.05, 0.1) is 12.5 Å². The van der Waals surface area contributed by atoms with Gasteiger partial charge in [0.25, 0.3) is 0 Å². The molecule has 0 spiro atoms. The molecule has 1 aromatic heterocycles. The van der Waals surface area contributed by atoms with Crippen molar-refractivity contribution >= 4 is 40.5 Å². The molecule has 4 unspecified atom stereocenters. The van der Waals surface area contributed by atoms with Gasteiger partial charge in [-0.15, -0.1) is 0 Å². The van der Waals surface area contributed by atoms with Gasteiger partial charge in [0, 0.05) is 17.1 Å². The van der Waals surface area contributed by atoms with Crippen molar-refractivity contribution in [2.75, 3.05) is 0 Å². The molecule has 0 aliphatic heterocycles. The van der Waals surface area contributed by atoms with Crippen LogP contribution in [0.2, 0.25) is 0 Å². The van der Waals surface area contributed by atoms with E-state index in [9.17, 15) is 29.1 Å². The Hall–Kier alpha value is -3.93. The van der Waals surface area contributed by atoms with E-state index >= 15 is 0 Å². The molecule has 12 heteroatoms. The number of aliphatic carboxylic acids is 1. The Labute approximate surface area is 208 Å². The number of hydrogen-bond acceptors (Lipinski definition) is 6. The van der Waals surface area contributed by atoms with Gasteiger partial charge in [-0.2, -0.15) is 0 Å². The maximum atomic E-state index is 12.8. The van der Waals surface area contributed by atoms with Crippen molar-refractivity contribution in [3.8, 4) is 0 Å². The van der Waals surface area contributed by atoms with Crippen LogP contribution in [0, 0.1) is 5.92 Å². The zero-order chi connectivity index (χ0) is 27.0. The molecule has 0 aliphatic carbocycles. The zero-order valence-corrected chi connectivity index (χ0v) is 20.5. The molecule has 36 heavy (non-hydrogen) atoms. The van der Waals surface area contributed by atoms with Gasteiger partial charge in [-0.05, 0) is 37.3 Å². The number of primary amides is 1. The molecule has 0 fully saturated rings. The highest BCUT2D eigenvalue weighted by atomic mass is 16.4. The Morgan fingerprint density at radius 2 is 1.58 bits per heavy atom. The summed E-state index contributed by atoms with van der Waals surface area (Å²) in [7, 11) is 0. The number of para-hydroxylation sites is 1. The first-order chi connectivity index (χ1) is 16.9. The third kappa shape index (κ3) is 8.08. The van der Waals surface area contributed by atoms with Crippen LogP contribution < -0.4 is 27.4 Å². The molecule has 12 nitrogen and oxygen atoms in total. The minimum Gasteiger partial charge on any atom is -0.480 e. The van der Waals surface area contributed by atoms with Crippen molar-refractivity contribution in [3.05, 3.63) is 36.0 Å². The van der Waals surface area contributed by atoms with Gasteiger partial charge in [0.1, 0.15) is 18.1 Å². The van der Waals surface area contributed by atoms with Crippen LogP contribution in [0.5, 0.6) is 0 Å². The number of nitrogens with one attached hydrogen (secondary N) is 4. The lowest BCUT2D eigenvalue weighted by Gasteiger charge is -2.23. The van der Waals surface area contributed by atoms with Gasteiger partial charge < -0.3 is 37.5 Å². The number of rotatable bonds is 13. The van der Waals surface area contributed by atoms with E-state index in [0.29, 0.717) is 0 Å². The number of aromatic nitrogens is 1. The van der Waals surface area contributed by atoms with Crippen molar-refractivity contribution < 1.29 is 29.1 Å². The summed E-state index contributed by atoms with van der Waals surface area (Å²) in [6.07, 6.45) is 1.61. The average Bonchev–Trinajstić information content (AvgIpc) is 3.20. The van der Waals surface area contributed by atoms with Gasteiger partial charge in [-0.1, -0.05) is 32.0 Å². The normalized spacial score (nSPS) is 14.5. The average molecular weight is 503 g/mol. The van der Waals surface area contributed by atoms with Gasteiger partial charge >= 0.3 is 5.97 Å². The van der Waals surface area contributed by atoms with Gasteiger partial charge in [0.2, 0.25) is 23.6 Å². The Balaban J connectivity index is 2.02. The number of nitrogens with two attached hydrogens (primary N) is 2. The summed E-state index contributed by atoms with van der Waals surface area (Å²) in [6.45, 7) is 4.98. The van der Waals surface area contributed by atoms with Gasteiger partial charge in [0.15, 0.2) is 0 Å². The molecule has 0 aliphatic rings. The summed E-state index contributed by atoms with van der Waals surface area (Å²) in [4.78, 5) is 63.9. The van der Waals surface area contributed by atoms with E-state index in [1.165, 1.54) is 6.92 Å². The maximum Gasteiger partial charge on any atom is 0.326 e. The Kier molecular flexibility index (Phi) is 9.97. The van der Waals surface area contributed by atoms with Crippen LogP contribution in [-0.2, 0) is 30.4 Å². The highest BCUT2D eigenvalue weighted by Crippen LogP contribution is 2.18. The second-order valence-electron chi connectivity index (χ2n) is 9.16. The predicted molar refractivity (Wildman–Crippen MR) is 132 cm³/mol. The number of carboxylic acids is 1. The Bertz CT molecular complexity index is 1110. The van der Waals surface area contributed by atoms with Gasteiger partial charge in [-0.3, -0.25) is 19.2 Å². The predicted octanol–water partition coefficient (Wildman–Crippen LogP) is -0.482. The Morgan fingerprint density at radius 1 is 0.944 bits per heavy atom. The topological polar surface area (TPSA) is 209 Å². The van der Waals surface area contributed by atoms with E-state index in [-0.39, 0.29) is 18.8 Å². The second-order valence-corrected chi connectivity index (χ2v) is 9.16. The number of carbonyl (C=O) groups excluding carboxylic acids is 4. The molecule has 1 aromatic carbocycles. The minimum absolute atomic E-state index is 0.0138. The number of carboxylic acid groups (broad SMARTS) is 1. The third-order valence-corrected chi connectivity index (χ3v) is 5.56. The molecule has 1 heterocycles. The number of aromatic amines is 1. The summed E-state index contributed by atoms with van der Waals surface area (Å²) in [5, 5.41) is 17.4. The molecule has 4 atom stereocenters. The van der Waals surface area contributed by atoms with Crippen LogP contribution in [0.25, 0.3) is 10.9 Å². The number of benzene rings is 1. The van der Waals surface area contributed by atoms with Crippen molar-refractivity contribution in [1.82, 2.24) is 20.9 Å². The number of fused-ring (bicyclic) bond motifs is 1. The molecule has 0 radical (unpaired) electrons. The van der Waals surface area contributed by atoms with Crippen LogP contribution >= 0.6 is 0 Å². The van der Waals surface area contributed by atoms with E-state index in [1.54, 1.807) is 6.20 Å². The highest BCUT2D eigenvalue weighted by molar-refractivity contribution is 5.96. The molecule has 9 N–H and O–H groups in total. The SMILES string of the molecule is CC(C)CC(NC(=O)C(C)NC(=O)C(CC(N)=O)NC(=O)C(N)Cc1c[nH]c2ccccc12)C(=O)O. The molecule has 0 bridgehead atoms. The van der Waals surface area contributed by atoms with Crippen LogP contribution in [0.1, 0.15) is 39.2 Å². The van der Waals surface area contributed by atoms with Crippen molar-refractivity contribution in [2.24, 2.45) is 17.4 Å². The molecule has 2 rings (SSSR count). The molecule has 196 valence electrons. The first-order valence-corrected chi connectivity index (χ1v) is 11.6. The summed E-state index contributed by atoms with van der Waals surface area (Å²) >= 11 is 0. The van der Waals surface area contributed by atoms with Gasteiger partial charge in [-0.25, -0.2) is 4.79 Å². The number of carbonyl (C=O) groups is 5. The van der Waals surface area contributed by atoms with Crippen LogP contribution in [-0.4, -0.2) is 63.9 Å². The Morgan fingerprint density at radius 3 is 2.19 bits per heavy atom. The first kappa shape index (κ1) is 28.3. The van der Waals surface area contributed by atoms with Crippen LogP contribution in [0.15, 0.2) is 30.5 Å². The maximum absolute atomic E-state index is 12.8. The molecule has 0 saturated carbocycles. The van der Waals surface area contributed by atoms with Crippen LogP contribution in [0.4, 0.5) is 0 Å². The molecule has 0 saturated heterocycles. The van der Waals surface area contributed by atoms with Crippen molar-refractivity contribution in [2.45, 2.75) is 64.2 Å². The summed E-state index contributed by atoms with van der Waals surface area (Å²) in [5.74, 6) is -4.27. The van der Waals surface area contributed by atoms with E-state index in [2.05, 4.69) is 20.9 Å². The van der Waals surface area contributed by atoms with Crippen LogP contribution in [0.3, 0.4) is 0 Å². The largest absolute Gasteiger partial charge is 0.480 e. The van der Waals surface area contributed by atoms with E-state index in [1.807, 2.05) is 38.1 Å². The monoisotopic (exact) mass is 502 g/mol. The van der Waals surface area contributed by atoms with Crippen molar-refractivity contribution in [1.29, 1.82) is 0 Å². The third-order valence-electron chi connectivity index (χ3n) is 5.56.